The van der Waals surface area contributed by atoms with Gasteiger partial charge in [0.05, 0.1) is 13.2 Å². The zero-order valence-corrected chi connectivity index (χ0v) is 15.2. The van der Waals surface area contributed by atoms with Crippen molar-refractivity contribution in [1.82, 2.24) is 4.90 Å². The van der Waals surface area contributed by atoms with Crippen LogP contribution in [-0.2, 0) is 20.8 Å². The number of benzene rings is 1. The minimum Gasteiger partial charge on any atom is -0.459 e. The third-order valence-corrected chi connectivity index (χ3v) is 5.93. The summed E-state index contributed by atoms with van der Waals surface area (Å²) in [6.45, 7) is 3.62. The monoisotopic (exact) mass is 373 g/mol. The number of rotatable bonds is 4. The van der Waals surface area contributed by atoms with Crippen LogP contribution in [0, 0.1) is 0 Å². The van der Waals surface area contributed by atoms with Gasteiger partial charge in [-0.25, -0.2) is 0 Å². The molecule has 4 aliphatic rings. The fourth-order valence-corrected chi connectivity index (χ4v) is 4.98. The van der Waals surface area contributed by atoms with Crippen LogP contribution in [0.2, 0.25) is 0 Å². The van der Waals surface area contributed by atoms with E-state index >= 15 is 0 Å². The van der Waals surface area contributed by atoms with Crippen molar-refractivity contribution in [2.45, 2.75) is 44.1 Å². The normalized spacial score (nSPS) is 30.5. The predicted molar refractivity (Wildman–Crippen MR) is 94.6 cm³/mol. The van der Waals surface area contributed by atoms with E-state index in [1.807, 2.05) is 6.07 Å². The van der Waals surface area contributed by atoms with Crippen LogP contribution in [0.4, 0.5) is 0 Å². The average Bonchev–Trinajstić information content (AvgIpc) is 3.26. The van der Waals surface area contributed by atoms with E-state index in [0.29, 0.717) is 0 Å². The van der Waals surface area contributed by atoms with E-state index in [9.17, 15) is 9.90 Å². The molecule has 4 atom stereocenters. The van der Waals surface area contributed by atoms with Gasteiger partial charge in [0.1, 0.15) is 12.2 Å². The van der Waals surface area contributed by atoms with Crippen LogP contribution >= 0.6 is 0 Å². The van der Waals surface area contributed by atoms with E-state index in [1.54, 1.807) is 0 Å². The summed E-state index contributed by atoms with van der Waals surface area (Å²) in [7, 11) is 0. The third-order valence-electron chi connectivity index (χ3n) is 5.93. The van der Waals surface area contributed by atoms with Crippen molar-refractivity contribution in [2.24, 2.45) is 0 Å². The molecule has 0 radical (unpaired) electrons. The van der Waals surface area contributed by atoms with Gasteiger partial charge in [-0.1, -0.05) is 11.6 Å². The van der Waals surface area contributed by atoms with Gasteiger partial charge >= 0.3 is 5.97 Å². The number of aliphatic hydroxyl groups excluding tert-OH is 1. The highest BCUT2D eigenvalue weighted by Gasteiger charge is 2.51. The molecule has 144 valence electrons. The lowest BCUT2D eigenvalue weighted by Gasteiger charge is -2.46. The number of ether oxygens (including phenoxy) is 4. The Labute approximate surface area is 157 Å². The van der Waals surface area contributed by atoms with Gasteiger partial charge in [-0.2, -0.15) is 0 Å². The van der Waals surface area contributed by atoms with Gasteiger partial charge in [0.25, 0.3) is 0 Å². The quantitative estimate of drug-likeness (QED) is 0.630. The summed E-state index contributed by atoms with van der Waals surface area (Å²) in [5.41, 5.74) is 3.65. The second-order valence-corrected chi connectivity index (χ2v) is 7.47. The Bertz CT molecular complexity index is 806. The highest BCUT2D eigenvalue weighted by Crippen LogP contribution is 2.50. The zero-order chi connectivity index (χ0) is 18.5. The van der Waals surface area contributed by atoms with E-state index in [0.717, 1.165) is 36.6 Å². The minimum absolute atomic E-state index is 0.0293. The molecule has 0 aromatic heterocycles. The van der Waals surface area contributed by atoms with Gasteiger partial charge in [0.2, 0.25) is 6.79 Å². The smallest absolute Gasteiger partial charge is 0.303 e. The lowest BCUT2D eigenvalue weighted by Crippen LogP contribution is -2.52. The Morgan fingerprint density at radius 3 is 2.93 bits per heavy atom. The second kappa shape index (κ2) is 6.51. The Kier molecular flexibility index (Phi) is 4.11. The molecule has 0 unspecified atom stereocenters. The Morgan fingerprint density at radius 2 is 2.15 bits per heavy atom. The van der Waals surface area contributed by atoms with Gasteiger partial charge < -0.3 is 24.1 Å². The molecular weight excluding hydrogens is 350 g/mol. The van der Waals surface area contributed by atoms with Gasteiger partial charge in [-0.05, 0) is 29.7 Å². The molecule has 1 fully saturated rings. The molecule has 1 saturated heterocycles. The molecule has 0 saturated carbocycles. The molecule has 5 rings (SSSR count). The molecule has 1 N–H and O–H groups in total. The van der Waals surface area contributed by atoms with Crippen molar-refractivity contribution >= 4 is 5.97 Å². The van der Waals surface area contributed by atoms with Crippen molar-refractivity contribution in [1.29, 1.82) is 0 Å². The first kappa shape index (κ1) is 17.0. The largest absolute Gasteiger partial charge is 0.459 e. The number of aliphatic hydroxyl groups is 1. The van der Waals surface area contributed by atoms with Crippen LogP contribution in [-0.4, -0.2) is 60.8 Å². The van der Waals surface area contributed by atoms with Crippen molar-refractivity contribution in [3.8, 4) is 11.5 Å². The van der Waals surface area contributed by atoms with Crippen LogP contribution in [0.3, 0.4) is 0 Å². The van der Waals surface area contributed by atoms with E-state index < -0.39 is 6.10 Å². The van der Waals surface area contributed by atoms with Crippen LogP contribution in [0.15, 0.2) is 23.8 Å². The van der Waals surface area contributed by atoms with Crippen molar-refractivity contribution in [2.75, 3.05) is 26.6 Å². The first-order chi connectivity index (χ1) is 13.2. The molecule has 27 heavy (non-hydrogen) atoms. The summed E-state index contributed by atoms with van der Waals surface area (Å²) in [5.74, 6) is 1.16. The SMILES string of the molecule is CC(=O)O[C@H]1[C@H]2c3cc4c(cc3CN3CCC(=C[C@@H]1OCCO)[C@H]23)OCO4. The number of carbonyl (C=O) groups is 1. The van der Waals surface area contributed by atoms with Gasteiger partial charge in [-0.15, -0.1) is 0 Å². The Hall–Kier alpha value is -2.09. The van der Waals surface area contributed by atoms with Crippen molar-refractivity contribution < 1.29 is 28.8 Å². The number of nitrogens with zero attached hydrogens (tertiary/aromatic N) is 1. The summed E-state index contributed by atoms with van der Waals surface area (Å²) in [5, 5.41) is 9.20. The van der Waals surface area contributed by atoms with Crippen LogP contribution in [0.25, 0.3) is 0 Å². The molecule has 0 bridgehead atoms. The number of hydrogen-bond donors (Lipinski definition) is 1. The topological polar surface area (TPSA) is 77.5 Å². The van der Waals surface area contributed by atoms with Crippen LogP contribution in [0.1, 0.15) is 30.4 Å². The third kappa shape index (κ3) is 2.72. The number of fused-ring (bicyclic) bond motifs is 3. The predicted octanol–water partition coefficient (Wildman–Crippen LogP) is 1.34. The molecule has 3 aliphatic heterocycles. The molecule has 0 amide bonds. The van der Waals surface area contributed by atoms with Gasteiger partial charge in [0, 0.05) is 32.0 Å². The summed E-state index contributed by atoms with van der Waals surface area (Å²) in [4.78, 5) is 14.3. The van der Waals surface area contributed by atoms with Gasteiger partial charge in [0.15, 0.2) is 11.5 Å². The first-order valence-electron chi connectivity index (χ1n) is 9.42. The maximum absolute atomic E-state index is 11.9. The van der Waals surface area contributed by atoms with Crippen molar-refractivity contribution in [3.63, 3.8) is 0 Å². The lowest BCUT2D eigenvalue weighted by atomic mass is 9.73. The number of esters is 1. The maximum atomic E-state index is 11.9. The molecule has 7 nitrogen and oxygen atoms in total. The summed E-state index contributed by atoms with van der Waals surface area (Å²) >= 11 is 0. The zero-order valence-electron chi connectivity index (χ0n) is 15.2. The fraction of sp³-hybridized carbons (Fsp3) is 0.550. The highest BCUT2D eigenvalue weighted by atomic mass is 16.7. The molecular formula is C20H23NO6. The molecule has 7 heteroatoms. The lowest BCUT2D eigenvalue weighted by molar-refractivity contribution is -0.157. The van der Waals surface area contributed by atoms with E-state index in [4.69, 9.17) is 18.9 Å². The summed E-state index contributed by atoms with van der Waals surface area (Å²) < 4.78 is 22.8. The second-order valence-electron chi connectivity index (χ2n) is 7.47. The van der Waals surface area contributed by atoms with Crippen molar-refractivity contribution in [3.05, 3.63) is 34.9 Å². The van der Waals surface area contributed by atoms with Gasteiger partial charge in [-0.3, -0.25) is 9.69 Å². The molecule has 1 aliphatic carbocycles. The van der Waals surface area contributed by atoms with E-state index in [2.05, 4.69) is 17.0 Å². The highest BCUT2D eigenvalue weighted by molar-refractivity contribution is 5.66. The van der Waals surface area contributed by atoms with Crippen LogP contribution in [0.5, 0.6) is 11.5 Å². The van der Waals surface area contributed by atoms with E-state index in [-0.39, 0.29) is 44.0 Å². The fourth-order valence-electron chi connectivity index (χ4n) is 4.98. The molecule has 0 spiro atoms. The molecule has 1 aromatic carbocycles. The standard InChI is InChI=1S/C20H23NO6/c1-11(23)27-20-17(24-5-4-22)6-12-2-3-21-9-13-7-15-16(26-10-25-15)8-14(13)18(20)19(12)21/h6-8,17-20,22H,2-5,9-10H2,1H3/t17-,18-,19+,20+/m0/s1. The average molecular weight is 373 g/mol. The number of hydrogen-bond acceptors (Lipinski definition) is 7. The maximum Gasteiger partial charge on any atom is 0.303 e. The number of carbonyl (C=O) groups excluding carboxylic acids is 1. The Morgan fingerprint density at radius 1 is 1.33 bits per heavy atom. The molecule has 3 heterocycles. The Balaban J connectivity index is 1.61. The summed E-state index contributed by atoms with van der Waals surface area (Å²) in [6, 6.07) is 4.30. The molecule has 1 aromatic rings. The minimum atomic E-state index is -0.442. The summed E-state index contributed by atoms with van der Waals surface area (Å²) in [6.07, 6.45) is 2.27. The first-order valence-corrected chi connectivity index (χ1v) is 9.42. The van der Waals surface area contributed by atoms with E-state index in [1.165, 1.54) is 18.1 Å². The van der Waals surface area contributed by atoms with Crippen LogP contribution < -0.4 is 9.47 Å².